The van der Waals surface area contributed by atoms with Crippen molar-refractivity contribution in [2.24, 2.45) is 5.92 Å². The third-order valence-electron chi connectivity index (χ3n) is 3.03. The maximum atomic E-state index is 5.93. The van der Waals surface area contributed by atoms with Gasteiger partial charge < -0.3 is 20.5 Å². The second-order valence-electron chi connectivity index (χ2n) is 5.57. The highest BCUT2D eigenvalue weighted by Crippen LogP contribution is 2.27. The van der Waals surface area contributed by atoms with Gasteiger partial charge in [0.2, 0.25) is 0 Å². The molecule has 0 radical (unpaired) electrons. The number of ether oxygens (including phenoxy) is 2. The Morgan fingerprint density at radius 3 is 2.45 bits per heavy atom. The Bertz CT molecular complexity index is 405. The predicted molar refractivity (Wildman–Crippen MR) is 85.4 cm³/mol. The van der Waals surface area contributed by atoms with E-state index in [1.807, 2.05) is 39.0 Å². The molecule has 0 heterocycles. The molecule has 0 spiro atoms. The van der Waals surface area contributed by atoms with Crippen molar-refractivity contribution in [3.8, 4) is 5.75 Å². The SMILES string of the molecule is CCOCC(Nc1ccc(N)c(OC(C)C)c1)C(C)C. The molecule has 1 aromatic carbocycles. The number of anilines is 2. The Morgan fingerprint density at radius 2 is 1.90 bits per heavy atom. The van der Waals surface area contributed by atoms with E-state index >= 15 is 0 Å². The molecule has 4 heteroatoms. The van der Waals surface area contributed by atoms with Crippen LogP contribution >= 0.6 is 0 Å². The van der Waals surface area contributed by atoms with Crippen LogP contribution in [0.1, 0.15) is 34.6 Å². The number of hydrogen-bond donors (Lipinski definition) is 2. The normalized spacial score (nSPS) is 12.8. The number of hydrogen-bond acceptors (Lipinski definition) is 4. The highest BCUT2D eigenvalue weighted by Gasteiger charge is 2.14. The second-order valence-corrected chi connectivity index (χ2v) is 5.57. The van der Waals surface area contributed by atoms with E-state index in [1.165, 1.54) is 0 Å². The van der Waals surface area contributed by atoms with Gasteiger partial charge in [-0.05, 0) is 38.8 Å². The van der Waals surface area contributed by atoms with Crippen molar-refractivity contribution in [3.63, 3.8) is 0 Å². The van der Waals surface area contributed by atoms with Crippen LogP contribution in [0.25, 0.3) is 0 Å². The topological polar surface area (TPSA) is 56.5 Å². The van der Waals surface area contributed by atoms with Gasteiger partial charge in [0.05, 0.1) is 24.4 Å². The predicted octanol–water partition coefficient (Wildman–Crippen LogP) is 3.53. The summed E-state index contributed by atoms with van der Waals surface area (Å²) in [5, 5.41) is 3.49. The minimum absolute atomic E-state index is 0.108. The van der Waals surface area contributed by atoms with E-state index in [0.717, 1.165) is 18.0 Å². The highest BCUT2D eigenvalue weighted by atomic mass is 16.5. The number of nitrogens with two attached hydrogens (primary N) is 1. The zero-order chi connectivity index (χ0) is 15.1. The third-order valence-corrected chi connectivity index (χ3v) is 3.03. The summed E-state index contributed by atoms with van der Waals surface area (Å²) in [5.74, 6) is 1.21. The first-order chi connectivity index (χ1) is 9.43. The lowest BCUT2D eigenvalue weighted by Gasteiger charge is -2.24. The molecule has 0 saturated carbocycles. The number of benzene rings is 1. The van der Waals surface area contributed by atoms with Gasteiger partial charge in [-0.15, -0.1) is 0 Å². The van der Waals surface area contributed by atoms with Crippen LogP contribution in [0.5, 0.6) is 5.75 Å². The minimum atomic E-state index is 0.108. The molecule has 1 unspecified atom stereocenters. The Labute approximate surface area is 122 Å². The third kappa shape index (κ3) is 5.29. The number of nitrogen functional groups attached to an aromatic ring is 1. The zero-order valence-electron chi connectivity index (χ0n) is 13.3. The van der Waals surface area contributed by atoms with Crippen molar-refractivity contribution < 1.29 is 9.47 Å². The molecule has 0 amide bonds. The van der Waals surface area contributed by atoms with Crippen molar-refractivity contribution in [3.05, 3.63) is 18.2 Å². The summed E-state index contributed by atoms with van der Waals surface area (Å²) < 4.78 is 11.2. The van der Waals surface area contributed by atoms with E-state index < -0.39 is 0 Å². The molecule has 1 rings (SSSR count). The first-order valence-electron chi connectivity index (χ1n) is 7.34. The maximum Gasteiger partial charge on any atom is 0.144 e. The average molecular weight is 280 g/mol. The van der Waals surface area contributed by atoms with Crippen molar-refractivity contribution in [1.82, 2.24) is 0 Å². The first-order valence-corrected chi connectivity index (χ1v) is 7.34. The molecule has 0 bridgehead atoms. The van der Waals surface area contributed by atoms with Crippen LogP contribution in [0.15, 0.2) is 18.2 Å². The van der Waals surface area contributed by atoms with Crippen LogP contribution in [0.4, 0.5) is 11.4 Å². The van der Waals surface area contributed by atoms with Crippen LogP contribution in [0, 0.1) is 5.92 Å². The van der Waals surface area contributed by atoms with Gasteiger partial charge >= 0.3 is 0 Å². The van der Waals surface area contributed by atoms with Crippen LogP contribution in [-0.4, -0.2) is 25.4 Å². The molecule has 0 aliphatic heterocycles. The van der Waals surface area contributed by atoms with E-state index in [4.69, 9.17) is 15.2 Å². The lowest BCUT2D eigenvalue weighted by Crippen LogP contribution is -2.31. The zero-order valence-corrected chi connectivity index (χ0v) is 13.3. The van der Waals surface area contributed by atoms with Gasteiger partial charge in [-0.1, -0.05) is 13.8 Å². The van der Waals surface area contributed by atoms with E-state index in [2.05, 4.69) is 19.2 Å². The van der Waals surface area contributed by atoms with E-state index in [0.29, 0.717) is 18.2 Å². The van der Waals surface area contributed by atoms with Crippen molar-refractivity contribution in [2.45, 2.75) is 46.8 Å². The largest absolute Gasteiger partial charge is 0.489 e. The molecule has 1 atom stereocenters. The fourth-order valence-corrected chi connectivity index (χ4v) is 1.84. The van der Waals surface area contributed by atoms with Crippen molar-refractivity contribution in [1.29, 1.82) is 0 Å². The molecular formula is C16H28N2O2. The summed E-state index contributed by atoms with van der Waals surface area (Å²) in [6.07, 6.45) is 0.108. The first kappa shape index (κ1) is 16.6. The molecular weight excluding hydrogens is 252 g/mol. The molecule has 1 aromatic rings. The summed E-state index contributed by atoms with van der Waals surface area (Å²) >= 11 is 0. The molecule has 0 saturated heterocycles. The molecule has 0 aliphatic rings. The van der Waals surface area contributed by atoms with Gasteiger partial charge in [-0.3, -0.25) is 0 Å². The standard InChI is InChI=1S/C16H28N2O2/c1-6-19-10-15(11(2)3)18-13-7-8-14(17)16(9-13)20-12(4)5/h7-9,11-12,15,18H,6,10,17H2,1-5H3. The second kappa shape index (κ2) is 8.00. The Balaban J connectivity index is 2.79. The van der Waals surface area contributed by atoms with Crippen LogP contribution < -0.4 is 15.8 Å². The van der Waals surface area contributed by atoms with E-state index in [9.17, 15) is 0 Å². The molecule has 114 valence electrons. The van der Waals surface area contributed by atoms with Gasteiger partial charge in [0.1, 0.15) is 5.75 Å². The molecule has 0 aromatic heterocycles. The Hall–Kier alpha value is -1.42. The fourth-order valence-electron chi connectivity index (χ4n) is 1.84. The number of nitrogens with one attached hydrogen (secondary N) is 1. The molecule has 0 fully saturated rings. The summed E-state index contributed by atoms with van der Waals surface area (Å²) in [4.78, 5) is 0. The summed E-state index contributed by atoms with van der Waals surface area (Å²) in [6, 6.07) is 6.07. The number of rotatable bonds is 8. The van der Waals surface area contributed by atoms with Gasteiger partial charge in [0.25, 0.3) is 0 Å². The summed E-state index contributed by atoms with van der Waals surface area (Å²) in [7, 11) is 0. The van der Waals surface area contributed by atoms with Gasteiger partial charge in [0, 0.05) is 18.4 Å². The van der Waals surface area contributed by atoms with E-state index in [-0.39, 0.29) is 12.1 Å². The molecule has 0 aliphatic carbocycles. The summed E-state index contributed by atoms with van der Waals surface area (Å²) in [5.41, 5.74) is 7.60. The summed E-state index contributed by atoms with van der Waals surface area (Å²) in [6.45, 7) is 11.8. The van der Waals surface area contributed by atoms with Gasteiger partial charge in [-0.2, -0.15) is 0 Å². The van der Waals surface area contributed by atoms with Crippen molar-refractivity contribution >= 4 is 11.4 Å². The lowest BCUT2D eigenvalue weighted by atomic mass is 10.0. The molecule has 20 heavy (non-hydrogen) atoms. The van der Waals surface area contributed by atoms with Crippen LogP contribution in [0.3, 0.4) is 0 Å². The van der Waals surface area contributed by atoms with Gasteiger partial charge in [-0.25, -0.2) is 0 Å². The Kier molecular flexibility index (Phi) is 6.65. The van der Waals surface area contributed by atoms with E-state index in [1.54, 1.807) is 0 Å². The smallest absolute Gasteiger partial charge is 0.144 e. The monoisotopic (exact) mass is 280 g/mol. The fraction of sp³-hybridized carbons (Fsp3) is 0.625. The minimum Gasteiger partial charge on any atom is -0.489 e. The van der Waals surface area contributed by atoms with Crippen LogP contribution in [-0.2, 0) is 4.74 Å². The maximum absolute atomic E-state index is 5.93. The molecule has 3 N–H and O–H groups in total. The Morgan fingerprint density at radius 1 is 1.20 bits per heavy atom. The van der Waals surface area contributed by atoms with Crippen LogP contribution in [0.2, 0.25) is 0 Å². The molecule has 4 nitrogen and oxygen atoms in total. The average Bonchev–Trinajstić information content (AvgIpc) is 2.37. The lowest BCUT2D eigenvalue weighted by molar-refractivity contribution is 0.127. The highest BCUT2D eigenvalue weighted by molar-refractivity contribution is 5.61. The van der Waals surface area contributed by atoms with Crippen molar-refractivity contribution in [2.75, 3.05) is 24.3 Å². The van der Waals surface area contributed by atoms with Gasteiger partial charge in [0.15, 0.2) is 0 Å². The quantitative estimate of drug-likeness (QED) is 0.715.